The molecule has 0 bridgehead atoms. The van der Waals surface area contributed by atoms with Crippen LogP contribution < -0.4 is 15.8 Å². The minimum atomic E-state index is -0.596. The lowest BCUT2D eigenvalue weighted by Gasteiger charge is -2.30. The van der Waals surface area contributed by atoms with Gasteiger partial charge in [-0.1, -0.05) is 23.4 Å². The Labute approximate surface area is 177 Å². The van der Waals surface area contributed by atoms with Gasteiger partial charge >= 0.3 is 0 Å². The molecule has 11 heteroatoms. The van der Waals surface area contributed by atoms with Gasteiger partial charge in [0.15, 0.2) is 5.17 Å². The lowest BCUT2D eigenvalue weighted by molar-refractivity contribution is 0.102. The van der Waals surface area contributed by atoms with Gasteiger partial charge in [-0.15, -0.1) is 0 Å². The molecule has 1 aliphatic rings. The molecule has 0 spiro atoms. The maximum atomic E-state index is 12.5. The zero-order valence-electron chi connectivity index (χ0n) is 16.0. The van der Waals surface area contributed by atoms with Gasteiger partial charge in [0.05, 0.1) is 36.4 Å². The number of carbonyl (C=O) groups is 1. The Morgan fingerprint density at radius 3 is 2.83 bits per heavy atom. The fraction of sp³-hybridized carbons (Fsp3) is 0.389. The molecule has 29 heavy (non-hydrogen) atoms. The van der Waals surface area contributed by atoms with E-state index in [2.05, 4.69) is 25.3 Å². The maximum Gasteiger partial charge on any atom is 0.275 e. The van der Waals surface area contributed by atoms with E-state index in [0.717, 1.165) is 12.2 Å². The largest absolute Gasteiger partial charge is 0.474 e. The molecule has 0 unspecified atom stereocenters. The van der Waals surface area contributed by atoms with Crippen LogP contribution in [0.15, 0.2) is 29.6 Å². The average molecular weight is 437 g/mol. The van der Waals surface area contributed by atoms with Gasteiger partial charge in [-0.25, -0.2) is 15.0 Å². The number of hydrogen-bond acceptors (Lipinski definition) is 9. The van der Waals surface area contributed by atoms with E-state index in [4.69, 9.17) is 26.8 Å². The van der Waals surface area contributed by atoms with Gasteiger partial charge in [0.25, 0.3) is 5.91 Å². The second kappa shape index (κ2) is 9.38. The van der Waals surface area contributed by atoms with Crippen molar-refractivity contribution in [3.8, 4) is 5.88 Å². The van der Waals surface area contributed by atoms with Crippen molar-refractivity contribution in [3.63, 3.8) is 0 Å². The van der Waals surface area contributed by atoms with Gasteiger partial charge in [0.1, 0.15) is 17.5 Å². The number of methoxy groups -OCH3 is 1. The number of hydrogen-bond donors (Lipinski definition) is 2. The van der Waals surface area contributed by atoms with E-state index in [9.17, 15) is 4.79 Å². The number of anilines is 1. The third-order valence-electron chi connectivity index (χ3n) is 4.27. The molecule has 154 valence electrons. The molecule has 3 N–H and O–H groups in total. The molecule has 0 saturated carbocycles. The molecule has 0 fully saturated rings. The summed E-state index contributed by atoms with van der Waals surface area (Å²) in [7, 11) is 1.58. The highest BCUT2D eigenvalue weighted by Gasteiger charge is 2.32. The fourth-order valence-electron chi connectivity index (χ4n) is 2.71. The van der Waals surface area contributed by atoms with Crippen LogP contribution in [0.3, 0.4) is 0 Å². The van der Waals surface area contributed by atoms with Crippen LogP contribution in [0.2, 0.25) is 5.15 Å². The van der Waals surface area contributed by atoms with E-state index in [1.54, 1.807) is 13.2 Å². The third-order valence-corrected chi connectivity index (χ3v) is 5.37. The first-order valence-corrected chi connectivity index (χ1v) is 10.2. The number of halogens is 1. The van der Waals surface area contributed by atoms with E-state index >= 15 is 0 Å². The van der Waals surface area contributed by atoms with Gasteiger partial charge < -0.3 is 20.5 Å². The van der Waals surface area contributed by atoms with Crippen LogP contribution in [0.4, 0.5) is 5.69 Å². The predicted octanol–water partition coefficient (Wildman–Crippen LogP) is 2.47. The van der Waals surface area contributed by atoms with Crippen LogP contribution in [-0.4, -0.2) is 52.1 Å². The SMILES string of the molecule is COCCOc1cnc(C(=O)Nc2cnc(Cl)c([C@]3(C)CCSC(N)=N3)c2)cn1. The quantitative estimate of drug-likeness (QED) is 0.501. The highest BCUT2D eigenvalue weighted by molar-refractivity contribution is 8.13. The average Bonchev–Trinajstić information content (AvgIpc) is 2.70. The van der Waals surface area contributed by atoms with E-state index in [1.807, 2.05) is 6.92 Å². The second-order valence-corrected chi connectivity index (χ2v) is 7.89. The number of aliphatic imine (C=N–C) groups is 1. The molecule has 9 nitrogen and oxygen atoms in total. The molecule has 0 radical (unpaired) electrons. The summed E-state index contributed by atoms with van der Waals surface area (Å²) in [6, 6.07) is 1.76. The fourth-order valence-corrected chi connectivity index (χ4v) is 3.99. The summed E-state index contributed by atoms with van der Waals surface area (Å²) in [5, 5.41) is 3.59. The summed E-state index contributed by atoms with van der Waals surface area (Å²) in [6.07, 6.45) is 4.96. The van der Waals surface area contributed by atoms with Crippen molar-refractivity contribution < 1.29 is 14.3 Å². The molecular weight excluding hydrogens is 416 g/mol. The number of amides is 1. The molecule has 3 heterocycles. The van der Waals surface area contributed by atoms with Gasteiger partial charge in [-0.05, 0) is 19.4 Å². The number of nitrogens with zero attached hydrogens (tertiary/aromatic N) is 4. The molecule has 1 amide bonds. The Balaban J connectivity index is 1.73. The lowest BCUT2D eigenvalue weighted by Crippen LogP contribution is -2.29. The van der Waals surface area contributed by atoms with Crippen molar-refractivity contribution in [2.75, 3.05) is 31.4 Å². The second-order valence-electron chi connectivity index (χ2n) is 6.42. The van der Waals surface area contributed by atoms with E-state index in [1.165, 1.54) is 30.4 Å². The Kier molecular flexibility index (Phi) is 6.88. The summed E-state index contributed by atoms with van der Waals surface area (Å²) in [5.41, 5.74) is 6.61. The smallest absolute Gasteiger partial charge is 0.275 e. The molecule has 1 aliphatic heterocycles. The topological polar surface area (TPSA) is 125 Å². The molecule has 2 aromatic heterocycles. The van der Waals surface area contributed by atoms with Crippen LogP contribution in [0.1, 0.15) is 29.4 Å². The summed E-state index contributed by atoms with van der Waals surface area (Å²) < 4.78 is 10.2. The first kappa shape index (κ1) is 21.3. The number of carbonyl (C=O) groups excluding carboxylic acids is 1. The third kappa shape index (κ3) is 5.34. The molecular formula is C18H21ClN6O3S. The van der Waals surface area contributed by atoms with Crippen molar-refractivity contribution >= 4 is 40.1 Å². The summed E-state index contributed by atoms with van der Waals surface area (Å²) in [6.45, 7) is 2.73. The standard InChI is InChI=1S/C18H21ClN6O3S/c1-18(3-6-29-17(20)25-18)12-7-11(8-23-15(12)19)24-16(26)13-9-22-14(10-21-13)28-5-4-27-2/h7-10H,3-6H2,1-2H3,(H2,20,25)(H,24,26)/t18-/m0/s1. The van der Waals surface area contributed by atoms with Crippen molar-refractivity contribution in [2.24, 2.45) is 10.7 Å². The lowest BCUT2D eigenvalue weighted by atomic mass is 9.91. The van der Waals surface area contributed by atoms with Crippen molar-refractivity contribution in [1.82, 2.24) is 15.0 Å². The van der Waals surface area contributed by atoms with Crippen LogP contribution >= 0.6 is 23.4 Å². The number of pyridine rings is 1. The Morgan fingerprint density at radius 1 is 1.31 bits per heavy atom. The molecule has 1 atom stereocenters. The van der Waals surface area contributed by atoms with Crippen molar-refractivity contribution in [3.05, 3.63) is 41.1 Å². The highest BCUT2D eigenvalue weighted by Crippen LogP contribution is 2.38. The van der Waals surface area contributed by atoms with Gasteiger partial charge in [-0.2, -0.15) is 0 Å². The highest BCUT2D eigenvalue weighted by atomic mass is 35.5. The van der Waals surface area contributed by atoms with Gasteiger partial charge in [-0.3, -0.25) is 9.79 Å². The minimum Gasteiger partial charge on any atom is -0.474 e. The first-order valence-electron chi connectivity index (χ1n) is 8.80. The molecule has 0 aliphatic carbocycles. The van der Waals surface area contributed by atoms with Crippen molar-refractivity contribution in [1.29, 1.82) is 0 Å². The minimum absolute atomic E-state index is 0.142. The number of aromatic nitrogens is 3. The van der Waals surface area contributed by atoms with Crippen molar-refractivity contribution in [2.45, 2.75) is 18.9 Å². The zero-order chi connectivity index (χ0) is 20.9. The van der Waals surface area contributed by atoms with E-state index in [0.29, 0.717) is 40.7 Å². The Hall–Kier alpha value is -2.43. The molecule has 3 rings (SSSR count). The number of amidine groups is 1. The normalized spacial score (nSPS) is 18.8. The monoisotopic (exact) mass is 436 g/mol. The van der Waals surface area contributed by atoms with Crippen LogP contribution in [-0.2, 0) is 10.3 Å². The number of rotatable bonds is 7. The molecule has 0 aromatic carbocycles. The maximum absolute atomic E-state index is 12.5. The van der Waals surface area contributed by atoms with Crippen LogP contribution in [0.25, 0.3) is 0 Å². The Bertz CT molecular complexity index is 911. The van der Waals surface area contributed by atoms with E-state index < -0.39 is 11.4 Å². The van der Waals surface area contributed by atoms with Crippen LogP contribution in [0, 0.1) is 0 Å². The summed E-state index contributed by atoms with van der Waals surface area (Å²) >= 11 is 7.81. The molecule has 2 aromatic rings. The van der Waals surface area contributed by atoms with Crippen LogP contribution in [0.5, 0.6) is 5.88 Å². The number of ether oxygens (including phenoxy) is 2. The predicted molar refractivity (Wildman–Crippen MR) is 113 cm³/mol. The molecule has 0 saturated heterocycles. The zero-order valence-corrected chi connectivity index (χ0v) is 17.6. The van der Waals surface area contributed by atoms with Gasteiger partial charge in [0.2, 0.25) is 5.88 Å². The first-order chi connectivity index (χ1) is 13.9. The Morgan fingerprint density at radius 2 is 2.14 bits per heavy atom. The van der Waals surface area contributed by atoms with Gasteiger partial charge in [0, 0.05) is 18.4 Å². The summed E-state index contributed by atoms with van der Waals surface area (Å²) in [5.74, 6) is 0.712. The van der Waals surface area contributed by atoms with E-state index in [-0.39, 0.29) is 5.69 Å². The summed E-state index contributed by atoms with van der Waals surface area (Å²) in [4.78, 5) is 29.4. The number of nitrogens with one attached hydrogen (secondary N) is 1. The number of nitrogens with two attached hydrogens (primary N) is 1. The number of thioether (sulfide) groups is 1.